The van der Waals surface area contributed by atoms with Gasteiger partial charge < -0.3 is 24.3 Å². The van der Waals surface area contributed by atoms with Crippen LogP contribution < -0.4 is 14.5 Å². The molecule has 3 aromatic rings. The van der Waals surface area contributed by atoms with Crippen LogP contribution in [0.5, 0.6) is 5.88 Å². The summed E-state index contributed by atoms with van der Waals surface area (Å²) in [6, 6.07) is 13.6. The largest absolute Gasteiger partial charge is 0.474 e. The number of piperazine rings is 1. The predicted octanol–water partition coefficient (Wildman–Crippen LogP) is 5.48. The first-order valence-corrected chi connectivity index (χ1v) is 15.4. The van der Waals surface area contributed by atoms with Crippen LogP contribution in [0.2, 0.25) is 5.02 Å². The van der Waals surface area contributed by atoms with Gasteiger partial charge in [-0.2, -0.15) is 9.65 Å². The zero-order valence-electron chi connectivity index (χ0n) is 24.7. The summed E-state index contributed by atoms with van der Waals surface area (Å²) >= 11 is 6.66. The summed E-state index contributed by atoms with van der Waals surface area (Å²) in [5, 5.41) is 12.1. The van der Waals surface area contributed by atoms with Crippen molar-refractivity contribution in [2.75, 3.05) is 56.2 Å². The third-order valence-corrected chi connectivity index (χ3v) is 9.43. The van der Waals surface area contributed by atoms with Crippen LogP contribution in [0.4, 0.5) is 20.2 Å². The molecule has 1 aromatic heterocycles. The number of amides is 1. The normalized spacial score (nSPS) is 20.5. The molecule has 0 radical (unpaired) electrons. The van der Waals surface area contributed by atoms with Crippen LogP contribution in [0.25, 0.3) is 10.8 Å². The minimum atomic E-state index is -1.07. The lowest BCUT2D eigenvalue weighted by Gasteiger charge is -2.43. The van der Waals surface area contributed by atoms with Crippen molar-refractivity contribution in [3.63, 3.8) is 0 Å². The molecule has 2 unspecified atom stereocenters. The zero-order valence-corrected chi connectivity index (χ0v) is 25.5. The van der Waals surface area contributed by atoms with Gasteiger partial charge in [0.25, 0.3) is 11.8 Å². The molecule has 2 aromatic carbocycles. The van der Waals surface area contributed by atoms with Gasteiger partial charge in [-0.05, 0) is 50.4 Å². The Balaban J connectivity index is 1.37. The van der Waals surface area contributed by atoms with Crippen LogP contribution in [-0.2, 0) is 17.8 Å². The summed E-state index contributed by atoms with van der Waals surface area (Å²) < 4.78 is 36.4. The van der Waals surface area contributed by atoms with Crippen LogP contribution in [0.15, 0.2) is 48.8 Å². The average molecular weight is 621 g/mol. The number of benzene rings is 2. The van der Waals surface area contributed by atoms with Gasteiger partial charge >= 0.3 is 0 Å². The van der Waals surface area contributed by atoms with Crippen molar-refractivity contribution >= 4 is 39.7 Å². The number of likely N-dealkylation sites (N-methyl/N-ethyl adjacent to an activating group) is 1. The van der Waals surface area contributed by atoms with Crippen molar-refractivity contribution in [2.24, 2.45) is 0 Å². The molecule has 0 spiro atoms. The van der Waals surface area contributed by atoms with Crippen LogP contribution in [0.1, 0.15) is 30.5 Å². The van der Waals surface area contributed by atoms with E-state index in [1.165, 1.54) is 4.90 Å². The van der Waals surface area contributed by atoms with Crippen molar-refractivity contribution in [3.05, 3.63) is 70.9 Å². The van der Waals surface area contributed by atoms with Gasteiger partial charge in [-0.1, -0.05) is 42.4 Å². The van der Waals surface area contributed by atoms with E-state index in [1.807, 2.05) is 48.3 Å². The van der Waals surface area contributed by atoms with Crippen molar-refractivity contribution in [1.82, 2.24) is 14.8 Å². The second-order valence-corrected chi connectivity index (χ2v) is 12.2. The SMILES string of the molecule is C=C(F)C(=O)N1CCN(c2c(F)c(OCC3CCCN3C)nc3c2CCN(c2cccc4cccc(Cl)c24)C3)CC1CC#N. The molecule has 0 bridgehead atoms. The first-order chi connectivity index (χ1) is 21.3. The van der Waals surface area contributed by atoms with Crippen LogP contribution >= 0.6 is 11.6 Å². The minimum absolute atomic E-state index is 0.0165. The number of ether oxygens (including phenoxy) is 1. The van der Waals surface area contributed by atoms with Gasteiger partial charge in [0.15, 0.2) is 5.83 Å². The lowest BCUT2D eigenvalue weighted by atomic mass is 9.98. The maximum atomic E-state index is 16.5. The van der Waals surface area contributed by atoms with Crippen LogP contribution in [0.3, 0.4) is 0 Å². The van der Waals surface area contributed by atoms with Gasteiger partial charge in [0.2, 0.25) is 5.82 Å². The highest BCUT2D eigenvalue weighted by Crippen LogP contribution is 2.40. The smallest absolute Gasteiger partial charge is 0.282 e. The summed E-state index contributed by atoms with van der Waals surface area (Å²) in [7, 11) is 2.04. The number of halogens is 3. The van der Waals surface area contributed by atoms with Crippen molar-refractivity contribution in [3.8, 4) is 11.9 Å². The van der Waals surface area contributed by atoms with E-state index >= 15 is 4.39 Å². The first kappa shape index (κ1) is 30.1. The molecule has 44 heavy (non-hydrogen) atoms. The Hall–Kier alpha value is -3.94. The van der Waals surface area contributed by atoms with Crippen LogP contribution in [-0.4, -0.2) is 79.2 Å². The fourth-order valence-electron chi connectivity index (χ4n) is 6.81. The van der Waals surface area contributed by atoms with E-state index < -0.39 is 23.6 Å². The Morgan fingerprint density at radius 3 is 2.68 bits per heavy atom. The highest BCUT2D eigenvalue weighted by Gasteiger charge is 2.36. The quantitative estimate of drug-likeness (QED) is 0.324. The molecule has 0 aliphatic carbocycles. The van der Waals surface area contributed by atoms with Gasteiger partial charge in [-0.15, -0.1) is 0 Å². The molecule has 0 saturated carbocycles. The van der Waals surface area contributed by atoms with E-state index in [0.29, 0.717) is 42.5 Å². The first-order valence-electron chi connectivity index (χ1n) is 15.0. The van der Waals surface area contributed by atoms with E-state index in [1.54, 1.807) is 0 Å². The zero-order chi connectivity index (χ0) is 31.0. The van der Waals surface area contributed by atoms with E-state index in [-0.39, 0.29) is 38.0 Å². The number of hydrogen-bond donors (Lipinski definition) is 0. The van der Waals surface area contributed by atoms with Gasteiger partial charge in [0.05, 0.1) is 41.5 Å². The summed E-state index contributed by atoms with van der Waals surface area (Å²) in [6.07, 6.45) is 2.53. The Bertz CT molecular complexity index is 1640. The number of anilines is 2. The molecule has 230 valence electrons. The Morgan fingerprint density at radius 1 is 1.16 bits per heavy atom. The number of likely N-dealkylation sites (tertiary alicyclic amines) is 1. The lowest BCUT2D eigenvalue weighted by Crippen LogP contribution is -2.55. The molecule has 4 heterocycles. The second-order valence-electron chi connectivity index (χ2n) is 11.7. The number of fused-ring (bicyclic) bond motifs is 2. The number of nitriles is 1. The van der Waals surface area contributed by atoms with E-state index in [9.17, 15) is 14.4 Å². The maximum absolute atomic E-state index is 16.5. The highest BCUT2D eigenvalue weighted by atomic mass is 35.5. The Morgan fingerprint density at radius 2 is 1.95 bits per heavy atom. The molecule has 3 aliphatic rings. The molecule has 11 heteroatoms. The second kappa shape index (κ2) is 12.6. The molecular weight excluding hydrogens is 586 g/mol. The van der Waals surface area contributed by atoms with Crippen LogP contribution in [0, 0.1) is 17.1 Å². The molecule has 0 N–H and O–H groups in total. The lowest BCUT2D eigenvalue weighted by molar-refractivity contribution is -0.131. The van der Waals surface area contributed by atoms with Crippen molar-refractivity contribution in [1.29, 1.82) is 5.26 Å². The van der Waals surface area contributed by atoms with E-state index in [4.69, 9.17) is 21.3 Å². The monoisotopic (exact) mass is 620 g/mol. The summed E-state index contributed by atoms with van der Waals surface area (Å²) in [5.41, 5.74) is 2.85. The molecule has 2 fully saturated rings. The molecule has 6 rings (SSSR count). The molecule has 2 atom stereocenters. The number of aromatic nitrogens is 1. The van der Waals surface area contributed by atoms with Gasteiger partial charge in [0, 0.05) is 48.9 Å². The van der Waals surface area contributed by atoms with Gasteiger partial charge in [0.1, 0.15) is 6.61 Å². The van der Waals surface area contributed by atoms with Gasteiger partial charge in [-0.3, -0.25) is 4.79 Å². The van der Waals surface area contributed by atoms with Crippen molar-refractivity contribution < 1.29 is 18.3 Å². The summed E-state index contributed by atoms with van der Waals surface area (Å²) in [6.45, 7) is 6.04. The number of rotatable bonds is 7. The van der Waals surface area contributed by atoms with E-state index in [2.05, 4.69) is 22.4 Å². The standard InChI is InChI=1S/C33H35ClF2N6O2/c1-21(35)33(43)42-17-16-41(18-23(42)11-13-37)31-25-12-15-40(28-10-4-7-22-6-3-9-26(34)29(22)28)19-27(25)38-32(30(31)36)44-20-24-8-5-14-39(24)2/h3-4,6-7,9-10,23-24H,1,5,8,11-12,14-20H2,2H3. The molecule has 8 nitrogen and oxygen atoms in total. The third-order valence-electron chi connectivity index (χ3n) is 9.11. The summed E-state index contributed by atoms with van der Waals surface area (Å²) in [4.78, 5) is 24.9. The fraction of sp³-hybridized carbons (Fsp3) is 0.424. The minimum Gasteiger partial charge on any atom is -0.474 e. The predicted molar refractivity (Wildman–Crippen MR) is 167 cm³/mol. The maximum Gasteiger partial charge on any atom is 0.282 e. The number of nitrogens with zero attached hydrogens (tertiary/aromatic N) is 6. The Kier molecular flexibility index (Phi) is 8.61. The van der Waals surface area contributed by atoms with Gasteiger partial charge in [-0.25, -0.2) is 9.37 Å². The van der Waals surface area contributed by atoms with E-state index in [0.717, 1.165) is 41.4 Å². The number of pyridine rings is 1. The molecule has 1 amide bonds. The molecule has 2 saturated heterocycles. The number of carbonyl (C=O) groups is 1. The number of hydrogen-bond acceptors (Lipinski definition) is 7. The molecule has 3 aliphatic heterocycles. The van der Waals surface area contributed by atoms with Crippen molar-refractivity contribution in [2.45, 2.75) is 44.3 Å². The average Bonchev–Trinajstić information content (AvgIpc) is 3.43. The topological polar surface area (TPSA) is 75.9 Å². The Labute approximate surface area is 261 Å². The third kappa shape index (κ3) is 5.66. The summed E-state index contributed by atoms with van der Waals surface area (Å²) in [5.74, 6) is -2.51. The fourth-order valence-corrected chi connectivity index (χ4v) is 7.09. The number of carbonyl (C=O) groups excluding carboxylic acids is 1. The molecular formula is C33H35ClF2N6O2. The highest BCUT2D eigenvalue weighted by molar-refractivity contribution is 6.36.